The first-order chi connectivity index (χ1) is 8.91. The average molecular weight is 266 g/mol. The van der Waals surface area contributed by atoms with Crippen LogP contribution in [0.2, 0.25) is 0 Å². The summed E-state index contributed by atoms with van der Waals surface area (Å²) in [5.41, 5.74) is 6.19. The van der Waals surface area contributed by atoms with Gasteiger partial charge in [0, 0.05) is 12.1 Å². The first-order valence-corrected chi connectivity index (χ1v) is 6.36. The lowest BCUT2D eigenvalue weighted by Crippen LogP contribution is -2.44. The third kappa shape index (κ3) is 4.13. The van der Waals surface area contributed by atoms with E-state index in [0.717, 1.165) is 0 Å². The normalized spacial score (nSPS) is 11.2. The maximum absolute atomic E-state index is 12.3. The zero-order valence-corrected chi connectivity index (χ0v) is 11.7. The first kappa shape index (κ1) is 15.3. The Morgan fingerprint density at radius 2 is 2.16 bits per heavy atom. The summed E-state index contributed by atoms with van der Waals surface area (Å²) in [4.78, 5) is 12.3. The number of nitrogens with two attached hydrogens (primary N) is 1. The summed E-state index contributed by atoms with van der Waals surface area (Å²) >= 11 is 0. The molecule has 0 fully saturated rings. The van der Waals surface area contributed by atoms with E-state index in [-0.39, 0.29) is 12.5 Å². The van der Waals surface area contributed by atoms with Gasteiger partial charge in [-0.3, -0.25) is 4.79 Å². The lowest BCUT2D eigenvalue weighted by Gasteiger charge is -2.26. The van der Waals surface area contributed by atoms with Crippen LogP contribution in [0.1, 0.15) is 37.6 Å². The molecule has 0 heterocycles. The number of rotatable bonds is 6. The van der Waals surface area contributed by atoms with Gasteiger partial charge in [-0.2, -0.15) is 0 Å². The summed E-state index contributed by atoms with van der Waals surface area (Å²) in [6.45, 7) is 6.00. The van der Waals surface area contributed by atoms with Gasteiger partial charge in [0.1, 0.15) is 0 Å². The highest BCUT2D eigenvalue weighted by Gasteiger charge is 2.23. The van der Waals surface area contributed by atoms with Crippen LogP contribution in [-0.2, 0) is 0 Å². The Kier molecular flexibility index (Phi) is 5.18. The molecule has 1 amide bonds. The molecular formula is C14H22N2O3. The second-order valence-corrected chi connectivity index (χ2v) is 4.97. The molecule has 0 aromatic heterocycles. The monoisotopic (exact) mass is 266 g/mol. The molecule has 0 spiro atoms. The van der Waals surface area contributed by atoms with Gasteiger partial charge >= 0.3 is 0 Å². The van der Waals surface area contributed by atoms with Crippen molar-refractivity contribution >= 4 is 11.6 Å². The fraction of sp³-hybridized carbons (Fsp3) is 0.500. The number of benzene rings is 1. The molecule has 0 aliphatic carbocycles. The fourth-order valence-electron chi connectivity index (χ4n) is 1.76. The summed E-state index contributed by atoms with van der Waals surface area (Å²) in [6.07, 6.45) is 0.477. The summed E-state index contributed by atoms with van der Waals surface area (Å²) in [6, 6.07) is 5.08. The smallest absolute Gasteiger partial charge is 0.255 e. The molecule has 0 radical (unpaired) electrons. The number of para-hydroxylation sites is 1. The van der Waals surface area contributed by atoms with Crippen molar-refractivity contribution in [2.45, 2.75) is 32.7 Å². The molecule has 0 saturated heterocycles. The second-order valence-electron chi connectivity index (χ2n) is 4.97. The van der Waals surface area contributed by atoms with Gasteiger partial charge in [-0.25, -0.2) is 0 Å². The molecule has 0 aliphatic heterocycles. The van der Waals surface area contributed by atoms with Crippen molar-refractivity contribution < 1.29 is 14.6 Å². The number of hydrogen-bond acceptors (Lipinski definition) is 4. The molecule has 1 aromatic rings. The minimum absolute atomic E-state index is 0.0164. The predicted octanol–water partition coefficient (Wildman–Crippen LogP) is 1.56. The summed E-state index contributed by atoms with van der Waals surface area (Å²) in [5, 5.41) is 11.8. The van der Waals surface area contributed by atoms with E-state index in [1.54, 1.807) is 18.2 Å². The Morgan fingerprint density at radius 1 is 1.47 bits per heavy atom. The first-order valence-electron chi connectivity index (χ1n) is 6.36. The Bertz CT molecular complexity index is 444. The molecule has 1 aromatic carbocycles. The van der Waals surface area contributed by atoms with Gasteiger partial charge in [-0.05, 0) is 39.3 Å². The number of nitrogens with one attached hydrogen (secondary N) is 1. The van der Waals surface area contributed by atoms with Gasteiger partial charge < -0.3 is 20.9 Å². The van der Waals surface area contributed by atoms with E-state index >= 15 is 0 Å². The minimum atomic E-state index is -0.486. The molecule has 0 unspecified atom stereocenters. The molecule has 0 aliphatic rings. The van der Waals surface area contributed by atoms with E-state index in [4.69, 9.17) is 15.6 Å². The number of anilines is 1. The van der Waals surface area contributed by atoms with Crippen LogP contribution in [0, 0.1) is 0 Å². The largest absolute Gasteiger partial charge is 0.491 e. The van der Waals surface area contributed by atoms with E-state index in [1.807, 2.05) is 20.8 Å². The van der Waals surface area contributed by atoms with Crippen molar-refractivity contribution in [3.05, 3.63) is 23.8 Å². The van der Waals surface area contributed by atoms with Crippen LogP contribution in [-0.4, -0.2) is 29.8 Å². The van der Waals surface area contributed by atoms with Crippen LogP contribution >= 0.6 is 0 Å². The maximum Gasteiger partial charge on any atom is 0.255 e. The maximum atomic E-state index is 12.3. The standard InChI is InChI=1S/C14H22N2O3/c1-4-19-12-10(6-5-7-11(12)15)13(18)16-14(2,3)8-9-17/h5-7,17H,4,8-9,15H2,1-3H3,(H,16,18). The fourth-order valence-corrected chi connectivity index (χ4v) is 1.76. The third-order valence-corrected chi connectivity index (χ3v) is 2.77. The highest BCUT2D eigenvalue weighted by Crippen LogP contribution is 2.26. The number of aliphatic hydroxyl groups excluding tert-OH is 1. The van der Waals surface area contributed by atoms with Crippen molar-refractivity contribution in [2.75, 3.05) is 18.9 Å². The number of hydrogen-bond donors (Lipinski definition) is 3. The Morgan fingerprint density at radius 3 is 2.74 bits per heavy atom. The van der Waals surface area contributed by atoms with Gasteiger partial charge in [-0.1, -0.05) is 6.07 Å². The Labute approximate surface area is 113 Å². The SMILES string of the molecule is CCOc1c(N)cccc1C(=O)NC(C)(C)CCO. The molecule has 5 heteroatoms. The van der Waals surface area contributed by atoms with E-state index in [2.05, 4.69) is 5.32 Å². The van der Waals surface area contributed by atoms with Crippen LogP contribution in [0.5, 0.6) is 5.75 Å². The van der Waals surface area contributed by atoms with Gasteiger partial charge in [0.15, 0.2) is 5.75 Å². The molecule has 19 heavy (non-hydrogen) atoms. The number of aliphatic hydroxyl groups is 1. The van der Waals surface area contributed by atoms with Crippen molar-refractivity contribution in [3.8, 4) is 5.75 Å². The second kappa shape index (κ2) is 6.43. The third-order valence-electron chi connectivity index (χ3n) is 2.77. The van der Waals surface area contributed by atoms with E-state index in [0.29, 0.717) is 30.0 Å². The van der Waals surface area contributed by atoms with Crippen molar-refractivity contribution in [2.24, 2.45) is 0 Å². The molecule has 5 nitrogen and oxygen atoms in total. The molecule has 1 rings (SSSR count). The molecule has 0 bridgehead atoms. The van der Waals surface area contributed by atoms with Crippen LogP contribution in [0.15, 0.2) is 18.2 Å². The quantitative estimate of drug-likeness (QED) is 0.682. The van der Waals surface area contributed by atoms with Gasteiger partial charge in [0.25, 0.3) is 5.91 Å². The predicted molar refractivity (Wildman–Crippen MR) is 75.3 cm³/mol. The van der Waals surface area contributed by atoms with E-state index < -0.39 is 5.54 Å². The van der Waals surface area contributed by atoms with E-state index in [1.165, 1.54) is 0 Å². The highest BCUT2D eigenvalue weighted by atomic mass is 16.5. The summed E-state index contributed by atoms with van der Waals surface area (Å²) in [5.74, 6) is 0.150. The van der Waals surface area contributed by atoms with Crippen LogP contribution < -0.4 is 15.8 Å². The lowest BCUT2D eigenvalue weighted by atomic mass is 10.0. The Balaban J connectivity index is 2.96. The average Bonchev–Trinajstić information content (AvgIpc) is 2.31. The number of nitrogen functional groups attached to an aromatic ring is 1. The zero-order valence-electron chi connectivity index (χ0n) is 11.7. The van der Waals surface area contributed by atoms with Gasteiger partial charge in [0.05, 0.1) is 17.9 Å². The van der Waals surface area contributed by atoms with E-state index in [9.17, 15) is 4.79 Å². The molecule has 4 N–H and O–H groups in total. The summed E-state index contributed by atoms with van der Waals surface area (Å²) < 4.78 is 5.43. The van der Waals surface area contributed by atoms with Crippen molar-refractivity contribution in [1.29, 1.82) is 0 Å². The molecule has 106 valence electrons. The minimum Gasteiger partial charge on any atom is -0.491 e. The van der Waals surface area contributed by atoms with Crippen molar-refractivity contribution in [1.82, 2.24) is 5.32 Å². The van der Waals surface area contributed by atoms with Crippen LogP contribution in [0.4, 0.5) is 5.69 Å². The number of carbonyl (C=O) groups is 1. The molecule has 0 atom stereocenters. The topological polar surface area (TPSA) is 84.6 Å². The summed E-state index contributed by atoms with van der Waals surface area (Å²) in [7, 11) is 0. The lowest BCUT2D eigenvalue weighted by molar-refractivity contribution is 0.0896. The highest BCUT2D eigenvalue weighted by molar-refractivity contribution is 5.99. The van der Waals surface area contributed by atoms with Crippen molar-refractivity contribution in [3.63, 3.8) is 0 Å². The number of ether oxygens (including phenoxy) is 1. The number of amides is 1. The van der Waals surface area contributed by atoms with Gasteiger partial charge in [-0.15, -0.1) is 0 Å². The van der Waals surface area contributed by atoms with Gasteiger partial charge in [0.2, 0.25) is 0 Å². The zero-order chi connectivity index (χ0) is 14.5. The molecule has 0 saturated carbocycles. The molecular weight excluding hydrogens is 244 g/mol. The number of carbonyl (C=O) groups excluding carboxylic acids is 1. The van der Waals surface area contributed by atoms with Crippen LogP contribution in [0.25, 0.3) is 0 Å². The van der Waals surface area contributed by atoms with Crippen LogP contribution in [0.3, 0.4) is 0 Å². The Hall–Kier alpha value is -1.75.